The third kappa shape index (κ3) is 3.63. The van der Waals surface area contributed by atoms with Crippen molar-refractivity contribution in [3.63, 3.8) is 0 Å². The van der Waals surface area contributed by atoms with E-state index in [2.05, 4.69) is 50.2 Å². The van der Waals surface area contributed by atoms with Crippen LogP contribution in [0.5, 0.6) is 0 Å². The molecule has 2 nitrogen and oxygen atoms in total. The minimum absolute atomic E-state index is 0.607. The molecule has 0 saturated carbocycles. The van der Waals surface area contributed by atoms with Crippen molar-refractivity contribution in [2.24, 2.45) is 5.92 Å². The zero-order chi connectivity index (χ0) is 14.5. The molecule has 0 spiro atoms. The molecule has 1 saturated heterocycles. The molecule has 1 aliphatic rings. The molecule has 1 aromatic heterocycles. The van der Waals surface area contributed by atoms with Gasteiger partial charge in [-0.15, -0.1) is 11.3 Å². The summed E-state index contributed by atoms with van der Waals surface area (Å²) >= 11 is 2.03. The Morgan fingerprint density at radius 3 is 2.75 bits per heavy atom. The van der Waals surface area contributed by atoms with Crippen molar-refractivity contribution in [1.29, 1.82) is 0 Å². The first-order valence-corrected chi connectivity index (χ1v) is 8.98. The molecule has 114 valence electrons. The topological polar surface area (TPSA) is 15.3 Å². The molecular weight excluding hydrogens is 264 g/mol. The van der Waals surface area contributed by atoms with Gasteiger partial charge in [0, 0.05) is 21.8 Å². The molecule has 0 aliphatic carbocycles. The lowest BCUT2D eigenvalue weighted by Crippen LogP contribution is -2.40. The molecule has 3 heteroatoms. The highest BCUT2D eigenvalue weighted by Gasteiger charge is 2.32. The second kappa shape index (κ2) is 7.58. The number of thiophene rings is 1. The number of nitrogens with zero attached hydrogens (tertiary/aromatic N) is 1. The highest BCUT2D eigenvalue weighted by atomic mass is 32.1. The van der Waals surface area contributed by atoms with E-state index in [4.69, 9.17) is 0 Å². The summed E-state index contributed by atoms with van der Waals surface area (Å²) in [6.07, 6.45) is 5.24. The van der Waals surface area contributed by atoms with Gasteiger partial charge in [-0.25, -0.2) is 0 Å². The molecule has 2 unspecified atom stereocenters. The van der Waals surface area contributed by atoms with Gasteiger partial charge in [-0.1, -0.05) is 13.3 Å². The van der Waals surface area contributed by atoms with E-state index in [0.29, 0.717) is 12.1 Å². The van der Waals surface area contributed by atoms with Crippen LogP contribution in [-0.4, -0.2) is 31.1 Å². The maximum atomic E-state index is 3.42. The van der Waals surface area contributed by atoms with Crippen LogP contribution in [0.1, 0.15) is 55.8 Å². The van der Waals surface area contributed by atoms with Gasteiger partial charge in [-0.3, -0.25) is 4.90 Å². The van der Waals surface area contributed by atoms with Gasteiger partial charge < -0.3 is 5.32 Å². The Bertz CT molecular complexity index is 399. The fourth-order valence-corrected chi connectivity index (χ4v) is 4.63. The zero-order valence-electron chi connectivity index (χ0n) is 13.5. The van der Waals surface area contributed by atoms with E-state index in [1.54, 1.807) is 4.88 Å². The van der Waals surface area contributed by atoms with Gasteiger partial charge in [0.1, 0.15) is 0 Å². The van der Waals surface area contributed by atoms with Crippen LogP contribution in [-0.2, 0) is 6.42 Å². The summed E-state index contributed by atoms with van der Waals surface area (Å²) in [6.45, 7) is 9.34. The lowest BCUT2D eigenvalue weighted by molar-refractivity contribution is 0.121. The second-order valence-electron chi connectivity index (χ2n) is 6.25. The maximum absolute atomic E-state index is 3.42. The number of hydrogen-bond donors (Lipinski definition) is 1. The molecule has 1 N–H and O–H groups in total. The van der Waals surface area contributed by atoms with Gasteiger partial charge in [-0.2, -0.15) is 0 Å². The first kappa shape index (κ1) is 16.0. The normalized spacial score (nSPS) is 25.1. The largest absolute Gasteiger partial charge is 0.319 e. The van der Waals surface area contributed by atoms with E-state index in [-0.39, 0.29) is 0 Å². The van der Waals surface area contributed by atoms with E-state index in [1.165, 1.54) is 30.7 Å². The van der Waals surface area contributed by atoms with Crippen LogP contribution in [0, 0.1) is 5.92 Å². The van der Waals surface area contributed by atoms with Crippen molar-refractivity contribution in [2.45, 2.75) is 58.5 Å². The average molecular weight is 295 g/mol. The number of rotatable bonds is 5. The summed E-state index contributed by atoms with van der Waals surface area (Å²) in [5.74, 6) is 0.744. The van der Waals surface area contributed by atoms with Gasteiger partial charge in [0.2, 0.25) is 0 Å². The minimum Gasteiger partial charge on any atom is -0.319 e. The van der Waals surface area contributed by atoms with Crippen molar-refractivity contribution in [3.05, 3.63) is 21.9 Å². The quantitative estimate of drug-likeness (QED) is 0.880. The molecule has 0 aromatic carbocycles. The molecule has 1 aromatic rings. The van der Waals surface area contributed by atoms with Crippen molar-refractivity contribution in [3.8, 4) is 0 Å². The molecule has 0 bridgehead atoms. The van der Waals surface area contributed by atoms with Crippen LogP contribution in [0.4, 0.5) is 0 Å². The number of aryl methyl sites for hydroxylation is 1. The molecule has 2 heterocycles. The lowest BCUT2D eigenvalue weighted by Gasteiger charge is -2.37. The van der Waals surface area contributed by atoms with Crippen molar-refractivity contribution >= 4 is 11.3 Å². The van der Waals surface area contributed by atoms with Crippen LogP contribution in [0.15, 0.2) is 12.1 Å². The monoisotopic (exact) mass is 294 g/mol. The molecule has 0 radical (unpaired) electrons. The van der Waals surface area contributed by atoms with Crippen molar-refractivity contribution < 1.29 is 0 Å². The Labute approximate surface area is 128 Å². The third-order valence-corrected chi connectivity index (χ3v) is 5.80. The zero-order valence-corrected chi connectivity index (χ0v) is 14.3. The molecule has 20 heavy (non-hydrogen) atoms. The minimum atomic E-state index is 0.607. The van der Waals surface area contributed by atoms with Crippen LogP contribution < -0.4 is 5.32 Å². The Morgan fingerprint density at radius 1 is 1.35 bits per heavy atom. The Balaban J connectivity index is 2.30. The third-order valence-electron chi connectivity index (χ3n) is 4.50. The van der Waals surface area contributed by atoms with E-state index in [1.807, 2.05) is 11.3 Å². The highest BCUT2D eigenvalue weighted by molar-refractivity contribution is 7.12. The van der Waals surface area contributed by atoms with Crippen LogP contribution in [0.3, 0.4) is 0 Å². The van der Waals surface area contributed by atoms with Crippen LogP contribution in [0.2, 0.25) is 0 Å². The molecular formula is C17H30N2S. The summed E-state index contributed by atoms with van der Waals surface area (Å²) in [4.78, 5) is 5.84. The first-order valence-electron chi connectivity index (χ1n) is 8.16. The van der Waals surface area contributed by atoms with Crippen molar-refractivity contribution in [2.75, 3.05) is 20.1 Å². The van der Waals surface area contributed by atoms with E-state index in [9.17, 15) is 0 Å². The molecule has 1 aliphatic heterocycles. The highest BCUT2D eigenvalue weighted by Crippen LogP contribution is 2.39. The molecule has 2 rings (SSSR count). The number of nitrogens with one attached hydrogen (secondary N) is 1. The predicted octanol–water partition coefficient (Wildman–Crippen LogP) is 4.08. The molecule has 1 fully saturated rings. The van der Waals surface area contributed by atoms with Gasteiger partial charge in [0.15, 0.2) is 0 Å². The second-order valence-corrected chi connectivity index (χ2v) is 7.45. The average Bonchev–Trinajstić information content (AvgIpc) is 2.80. The number of hydrogen-bond acceptors (Lipinski definition) is 3. The molecule has 0 amide bonds. The summed E-state index contributed by atoms with van der Waals surface area (Å²) in [7, 11) is 2.09. The first-order chi connectivity index (χ1) is 9.67. The Morgan fingerprint density at radius 2 is 2.15 bits per heavy atom. The fourth-order valence-electron chi connectivity index (χ4n) is 3.46. The summed E-state index contributed by atoms with van der Waals surface area (Å²) in [6, 6.07) is 5.96. The van der Waals surface area contributed by atoms with Gasteiger partial charge in [0.05, 0.1) is 0 Å². The van der Waals surface area contributed by atoms with Crippen molar-refractivity contribution in [1.82, 2.24) is 10.2 Å². The Hall–Kier alpha value is -0.380. The van der Waals surface area contributed by atoms with E-state index < -0.39 is 0 Å². The SMILES string of the molecule is CCc1ccc(C2C(CNC)CCCCN2C(C)C)s1. The van der Waals surface area contributed by atoms with Crippen LogP contribution in [0.25, 0.3) is 0 Å². The smallest absolute Gasteiger partial charge is 0.0484 e. The maximum Gasteiger partial charge on any atom is 0.0484 e. The standard InChI is InChI=1S/C17H30N2S/c1-5-15-9-10-16(20-15)17-14(12-18-4)8-6-7-11-19(17)13(2)3/h9-10,13-14,17-18H,5-8,11-12H2,1-4H3. The van der Waals surface area contributed by atoms with E-state index >= 15 is 0 Å². The fraction of sp³-hybridized carbons (Fsp3) is 0.765. The summed E-state index contributed by atoms with van der Waals surface area (Å²) in [5, 5.41) is 3.42. The summed E-state index contributed by atoms with van der Waals surface area (Å²) in [5.41, 5.74) is 0. The van der Waals surface area contributed by atoms with E-state index in [0.717, 1.165) is 18.9 Å². The summed E-state index contributed by atoms with van der Waals surface area (Å²) < 4.78 is 0. The Kier molecular flexibility index (Phi) is 6.06. The number of likely N-dealkylation sites (tertiary alicyclic amines) is 1. The van der Waals surface area contributed by atoms with Gasteiger partial charge in [-0.05, 0) is 71.3 Å². The van der Waals surface area contributed by atoms with Crippen LogP contribution >= 0.6 is 11.3 Å². The molecule has 2 atom stereocenters. The van der Waals surface area contributed by atoms with Gasteiger partial charge >= 0.3 is 0 Å². The predicted molar refractivity (Wildman–Crippen MR) is 89.5 cm³/mol. The van der Waals surface area contributed by atoms with Gasteiger partial charge in [0.25, 0.3) is 0 Å². The lowest BCUT2D eigenvalue weighted by atomic mass is 9.92.